The lowest BCUT2D eigenvalue weighted by Gasteiger charge is -2.33. The van der Waals surface area contributed by atoms with Gasteiger partial charge in [0.05, 0.1) is 27.9 Å². The van der Waals surface area contributed by atoms with E-state index >= 15 is 0 Å². The number of amides is 3. The summed E-state index contributed by atoms with van der Waals surface area (Å²) in [5.74, 6) is -2.91. The minimum Gasteiger partial charge on any atom is -0.384 e. The van der Waals surface area contributed by atoms with Crippen molar-refractivity contribution >= 4 is 23.5 Å². The largest absolute Gasteiger partial charge is 0.417 e. The van der Waals surface area contributed by atoms with Gasteiger partial charge in [-0.3, -0.25) is 29.1 Å². The number of nitrogens with one attached hydrogen (secondary N) is 1. The predicted molar refractivity (Wildman–Crippen MR) is 107 cm³/mol. The molecule has 0 atom stereocenters. The fourth-order valence-electron chi connectivity index (χ4n) is 3.82. The Kier molecular flexibility index (Phi) is 5.04. The van der Waals surface area contributed by atoms with Crippen molar-refractivity contribution in [3.05, 3.63) is 56.9 Å². The fourth-order valence-corrected chi connectivity index (χ4v) is 3.82. The lowest BCUT2D eigenvalue weighted by molar-refractivity contribution is -0.138. The predicted octanol–water partition coefficient (Wildman–Crippen LogP) is 0.710. The topological polar surface area (TPSA) is 118 Å². The number of anilines is 1. The second-order valence-corrected chi connectivity index (χ2v) is 7.60. The molecule has 0 saturated carbocycles. The number of hydrogen-bond acceptors (Lipinski definition) is 6. The van der Waals surface area contributed by atoms with Crippen molar-refractivity contribution in [2.24, 2.45) is 0 Å². The van der Waals surface area contributed by atoms with Crippen LogP contribution in [-0.2, 0) is 6.18 Å². The second-order valence-electron chi connectivity index (χ2n) is 7.60. The van der Waals surface area contributed by atoms with Gasteiger partial charge >= 0.3 is 6.18 Å². The van der Waals surface area contributed by atoms with Gasteiger partial charge in [0.2, 0.25) is 0 Å². The van der Waals surface area contributed by atoms with Crippen molar-refractivity contribution in [3.63, 3.8) is 0 Å². The number of likely N-dealkylation sites (N-methyl/N-ethyl adjacent to an activating group) is 1. The van der Waals surface area contributed by atoms with Gasteiger partial charge in [-0.15, -0.1) is 0 Å². The molecule has 32 heavy (non-hydrogen) atoms. The first kappa shape index (κ1) is 21.6. The first-order chi connectivity index (χ1) is 15.0. The quantitative estimate of drug-likeness (QED) is 0.653. The third-order valence-electron chi connectivity index (χ3n) is 5.54. The number of carbonyl (C=O) groups excluding carboxylic acids is 3. The number of hydrogen-bond donors (Lipinski definition) is 2. The highest BCUT2D eigenvalue weighted by Gasteiger charge is 2.38. The molecule has 0 unspecified atom stereocenters. The van der Waals surface area contributed by atoms with Gasteiger partial charge in [-0.2, -0.15) is 13.2 Å². The van der Waals surface area contributed by atoms with Crippen LogP contribution >= 0.6 is 0 Å². The summed E-state index contributed by atoms with van der Waals surface area (Å²) in [5.41, 5.74) is 2.40. The van der Waals surface area contributed by atoms with Gasteiger partial charge in [0, 0.05) is 32.2 Å². The molecular formula is C20H18F3N5O4. The second kappa shape index (κ2) is 7.48. The number of pyridine rings is 1. The molecule has 0 radical (unpaired) electrons. The zero-order valence-electron chi connectivity index (χ0n) is 16.8. The molecular weight excluding hydrogens is 431 g/mol. The standard InChI is InChI=1S/C20H18F3N5O4/c1-26-4-6-27(7-5-26)19(32)11-3-2-10(8-13(11)20(21,22)23)28-14(29)9-12-15(16(28)24)18(31)25-17(12)30/h2-3,8-9H,4-7,24H2,1H3,(H,25,30,31). The smallest absolute Gasteiger partial charge is 0.384 e. The minimum atomic E-state index is -4.89. The van der Waals surface area contributed by atoms with Gasteiger partial charge < -0.3 is 15.5 Å². The Bertz CT molecular complexity index is 1210. The van der Waals surface area contributed by atoms with Crippen molar-refractivity contribution in [2.75, 3.05) is 39.0 Å². The summed E-state index contributed by atoms with van der Waals surface area (Å²) in [6.45, 7) is 1.64. The molecule has 2 aliphatic rings. The maximum atomic E-state index is 13.9. The van der Waals surface area contributed by atoms with Gasteiger partial charge in [0.25, 0.3) is 23.3 Å². The molecule has 168 valence electrons. The number of benzene rings is 1. The van der Waals surface area contributed by atoms with Crippen molar-refractivity contribution in [1.29, 1.82) is 0 Å². The minimum absolute atomic E-state index is 0.244. The molecule has 0 bridgehead atoms. The summed E-state index contributed by atoms with van der Waals surface area (Å²) in [4.78, 5) is 52.4. The molecule has 0 spiro atoms. The maximum Gasteiger partial charge on any atom is 0.417 e. The highest BCUT2D eigenvalue weighted by Crippen LogP contribution is 2.35. The lowest BCUT2D eigenvalue weighted by Crippen LogP contribution is -2.47. The summed E-state index contributed by atoms with van der Waals surface area (Å²) >= 11 is 0. The number of carbonyl (C=O) groups is 3. The molecule has 3 heterocycles. The molecule has 12 heteroatoms. The number of rotatable bonds is 2. The van der Waals surface area contributed by atoms with Gasteiger partial charge in [0.15, 0.2) is 0 Å². The van der Waals surface area contributed by atoms with E-state index in [4.69, 9.17) is 5.73 Å². The van der Waals surface area contributed by atoms with E-state index in [-0.39, 0.29) is 29.9 Å². The van der Waals surface area contributed by atoms with Crippen LogP contribution in [0.2, 0.25) is 0 Å². The van der Waals surface area contributed by atoms with Crippen LogP contribution in [0.25, 0.3) is 5.69 Å². The van der Waals surface area contributed by atoms with E-state index in [0.29, 0.717) is 23.7 Å². The van der Waals surface area contributed by atoms with Crippen molar-refractivity contribution in [1.82, 2.24) is 19.7 Å². The average Bonchev–Trinajstić information content (AvgIpc) is 3.00. The Labute approximate surface area is 179 Å². The van der Waals surface area contributed by atoms with Crippen LogP contribution in [0.5, 0.6) is 0 Å². The molecule has 1 saturated heterocycles. The molecule has 0 aliphatic carbocycles. The van der Waals surface area contributed by atoms with Crippen LogP contribution in [0.4, 0.5) is 19.0 Å². The number of imide groups is 1. The normalized spacial score (nSPS) is 16.8. The highest BCUT2D eigenvalue weighted by atomic mass is 19.4. The molecule has 4 rings (SSSR count). The zero-order valence-corrected chi connectivity index (χ0v) is 16.8. The average molecular weight is 449 g/mol. The van der Waals surface area contributed by atoms with Crippen molar-refractivity contribution in [3.8, 4) is 5.69 Å². The van der Waals surface area contributed by atoms with Crippen LogP contribution in [0.15, 0.2) is 29.1 Å². The molecule has 2 aliphatic heterocycles. The number of nitrogens with zero attached hydrogens (tertiary/aromatic N) is 3. The molecule has 1 aromatic heterocycles. The summed E-state index contributed by atoms with van der Waals surface area (Å²) in [7, 11) is 1.85. The number of nitrogens with two attached hydrogens (primary N) is 1. The lowest BCUT2D eigenvalue weighted by atomic mass is 10.0. The number of aromatic nitrogens is 1. The van der Waals surface area contributed by atoms with Crippen LogP contribution < -0.4 is 16.6 Å². The zero-order chi connectivity index (χ0) is 23.4. The maximum absolute atomic E-state index is 13.9. The summed E-state index contributed by atoms with van der Waals surface area (Å²) in [6, 6.07) is 3.62. The number of nitrogen functional groups attached to an aromatic ring is 1. The summed E-state index contributed by atoms with van der Waals surface area (Å²) < 4.78 is 42.3. The van der Waals surface area contributed by atoms with E-state index in [1.165, 1.54) is 4.90 Å². The summed E-state index contributed by atoms with van der Waals surface area (Å²) in [5, 5.41) is 1.98. The highest BCUT2D eigenvalue weighted by molar-refractivity contribution is 6.23. The Morgan fingerprint density at radius 2 is 1.69 bits per heavy atom. The molecule has 2 aromatic rings. The van der Waals surface area contributed by atoms with Crippen LogP contribution in [0.1, 0.15) is 36.6 Å². The van der Waals surface area contributed by atoms with E-state index in [1.807, 2.05) is 17.3 Å². The summed E-state index contributed by atoms with van der Waals surface area (Å²) in [6.07, 6.45) is -4.89. The van der Waals surface area contributed by atoms with Crippen LogP contribution in [0.3, 0.4) is 0 Å². The van der Waals surface area contributed by atoms with Gasteiger partial charge in [-0.05, 0) is 25.2 Å². The Balaban J connectivity index is 1.83. The first-order valence-corrected chi connectivity index (χ1v) is 9.59. The van der Waals surface area contributed by atoms with Crippen molar-refractivity contribution < 1.29 is 27.6 Å². The number of piperazine rings is 1. The third-order valence-corrected chi connectivity index (χ3v) is 5.54. The Morgan fingerprint density at radius 1 is 1.03 bits per heavy atom. The van der Waals surface area contributed by atoms with Gasteiger partial charge in [-0.1, -0.05) is 0 Å². The number of halogens is 3. The van der Waals surface area contributed by atoms with E-state index < -0.39 is 46.4 Å². The fraction of sp³-hybridized carbons (Fsp3) is 0.300. The molecule has 3 N–H and O–H groups in total. The van der Waals surface area contributed by atoms with Crippen LogP contribution in [-0.4, -0.2) is 65.3 Å². The molecule has 3 amide bonds. The van der Waals surface area contributed by atoms with Gasteiger partial charge in [0.1, 0.15) is 5.82 Å². The van der Waals surface area contributed by atoms with Gasteiger partial charge in [-0.25, -0.2) is 0 Å². The first-order valence-electron chi connectivity index (χ1n) is 9.59. The van der Waals surface area contributed by atoms with E-state index in [9.17, 15) is 32.3 Å². The Hall–Kier alpha value is -3.67. The van der Waals surface area contributed by atoms with E-state index in [2.05, 4.69) is 0 Å². The van der Waals surface area contributed by atoms with E-state index in [1.54, 1.807) is 0 Å². The number of fused-ring (bicyclic) bond motifs is 1. The van der Waals surface area contributed by atoms with Crippen LogP contribution in [0, 0.1) is 0 Å². The Morgan fingerprint density at radius 3 is 2.31 bits per heavy atom. The molecule has 1 aromatic carbocycles. The monoisotopic (exact) mass is 449 g/mol. The van der Waals surface area contributed by atoms with Crippen molar-refractivity contribution in [2.45, 2.75) is 6.18 Å². The number of alkyl halides is 3. The third kappa shape index (κ3) is 3.51. The molecule has 9 nitrogen and oxygen atoms in total. The van der Waals surface area contributed by atoms with E-state index in [0.717, 1.165) is 18.2 Å². The molecule has 1 fully saturated rings. The SMILES string of the molecule is CN1CCN(C(=O)c2ccc(-n3c(N)c4c(cc3=O)C(=O)NC4=O)cc2C(F)(F)F)CC1.